The molecule has 17 heavy (non-hydrogen) atoms. The minimum absolute atomic E-state index is 0. The number of hydrogen-bond acceptors (Lipinski definition) is 2. The average molecular weight is 269 g/mol. The van der Waals surface area contributed by atoms with Crippen LogP contribution in [0.5, 0.6) is 0 Å². The Morgan fingerprint density at radius 3 is 2.18 bits per heavy atom. The van der Waals surface area contributed by atoms with E-state index in [2.05, 4.69) is 0 Å². The number of rotatable bonds is 2. The van der Waals surface area contributed by atoms with Crippen molar-refractivity contribution in [1.82, 2.24) is 4.90 Å². The molecule has 0 heterocycles. The summed E-state index contributed by atoms with van der Waals surface area (Å²) >= 11 is 0. The summed E-state index contributed by atoms with van der Waals surface area (Å²) in [5.41, 5.74) is 6.03. The van der Waals surface area contributed by atoms with Crippen molar-refractivity contribution in [1.29, 1.82) is 0 Å². The van der Waals surface area contributed by atoms with E-state index in [9.17, 15) is 18.0 Å². The number of alkyl halides is 3. The van der Waals surface area contributed by atoms with Gasteiger partial charge in [0.1, 0.15) is 6.54 Å². The highest BCUT2D eigenvalue weighted by Gasteiger charge is 2.31. The Bertz CT molecular complexity index is 378. The lowest BCUT2D eigenvalue weighted by atomic mass is 10.2. The summed E-state index contributed by atoms with van der Waals surface area (Å²) < 4.78 is 36.1. The summed E-state index contributed by atoms with van der Waals surface area (Å²) in [6, 6.07) is 5.72. The molecule has 0 spiro atoms. The fourth-order valence-electron chi connectivity index (χ4n) is 1.19. The number of benzene rings is 1. The number of nitrogens with two attached hydrogens (primary N) is 1. The van der Waals surface area contributed by atoms with E-state index < -0.39 is 18.6 Å². The number of halogens is 4. The minimum Gasteiger partial charge on any atom is -0.399 e. The first-order valence-electron chi connectivity index (χ1n) is 4.47. The van der Waals surface area contributed by atoms with Crippen LogP contribution in [0.3, 0.4) is 0 Å². The van der Waals surface area contributed by atoms with Gasteiger partial charge in [-0.25, -0.2) is 0 Å². The molecule has 1 aromatic carbocycles. The Morgan fingerprint density at radius 2 is 1.76 bits per heavy atom. The molecule has 3 nitrogen and oxygen atoms in total. The van der Waals surface area contributed by atoms with Gasteiger partial charge in [0.2, 0.25) is 0 Å². The summed E-state index contributed by atoms with van der Waals surface area (Å²) in [6.07, 6.45) is -4.39. The molecule has 0 saturated carbocycles. The second kappa shape index (κ2) is 5.77. The van der Waals surface area contributed by atoms with Gasteiger partial charge in [-0.3, -0.25) is 4.79 Å². The van der Waals surface area contributed by atoms with Crippen LogP contribution in [0.15, 0.2) is 24.3 Å². The molecule has 0 atom stereocenters. The normalized spacial score (nSPS) is 10.6. The number of anilines is 1. The minimum atomic E-state index is -4.39. The third-order valence-electron chi connectivity index (χ3n) is 1.92. The zero-order valence-corrected chi connectivity index (χ0v) is 9.81. The lowest BCUT2D eigenvalue weighted by Gasteiger charge is -2.18. The fourth-order valence-corrected chi connectivity index (χ4v) is 1.19. The zero-order valence-electron chi connectivity index (χ0n) is 8.99. The van der Waals surface area contributed by atoms with Gasteiger partial charge in [0, 0.05) is 18.3 Å². The van der Waals surface area contributed by atoms with E-state index in [1.807, 2.05) is 0 Å². The van der Waals surface area contributed by atoms with Crippen molar-refractivity contribution in [3.63, 3.8) is 0 Å². The average Bonchev–Trinajstić information content (AvgIpc) is 2.15. The van der Waals surface area contributed by atoms with Gasteiger partial charge < -0.3 is 10.6 Å². The van der Waals surface area contributed by atoms with E-state index in [-0.39, 0.29) is 18.0 Å². The molecule has 1 rings (SSSR count). The molecule has 0 radical (unpaired) electrons. The SMILES string of the molecule is CN(CC(F)(F)F)C(=O)c1ccc(N)cc1.Cl. The van der Waals surface area contributed by atoms with Crippen molar-refractivity contribution < 1.29 is 18.0 Å². The third kappa shape index (κ3) is 4.95. The molecular weight excluding hydrogens is 257 g/mol. The van der Waals surface area contributed by atoms with Gasteiger partial charge in [-0.05, 0) is 24.3 Å². The largest absolute Gasteiger partial charge is 0.406 e. The lowest BCUT2D eigenvalue weighted by molar-refractivity contribution is -0.138. The third-order valence-corrected chi connectivity index (χ3v) is 1.92. The van der Waals surface area contributed by atoms with E-state index in [0.29, 0.717) is 10.6 Å². The second-order valence-electron chi connectivity index (χ2n) is 3.40. The highest BCUT2D eigenvalue weighted by molar-refractivity contribution is 5.94. The van der Waals surface area contributed by atoms with Crippen molar-refractivity contribution in [2.24, 2.45) is 0 Å². The monoisotopic (exact) mass is 268 g/mol. The molecule has 7 heteroatoms. The van der Waals surface area contributed by atoms with E-state index in [1.165, 1.54) is 24.3 Å². The van der Waals surface area contributed by atoms with Crippen molar-refractivity contribution >= 4 is 24.0 Å². The van der Waals surface area contributed by atoms with E-state index in [4.69, 9.17) is 5.73 Å². The number of amides is 1. The highest BCUT2D eigenvalue weighted by Crippen LogP contribution is 2.17. The molecule has 0 bridgehead atoms. The predicted octanol–water partition coefficient (Wildman–Crippen LogP) is 2.32. The summed E-state index contributed by atoms with van der Waals surface area (Å²) in [4.78, 5) is 12.1. The summed E-state index contributed by atoms with van der Waals surface area (Å²) in [7, 11) is 1.10. The summed E-state index contributed by atoms with van der Waals surface area (Å²) in [5.74, 6) is -0.683. The van der Waals surface area contributed by atoms with Crippen LogP contribution in [0.25, 0.3) is 0 Å². The summed E-state index contributed by atoms with van der Waals surface area (Å²) in [6.45, 7) is -1.27. The van der Waals surface area contributed by atoms with Crippen LogP contribution in [0.1, 0.15) is 10.4 Å². The van der Waals surface area contributed by atoms with E-state index in [1.54, 1.807) is 0 Å². The van der Waals surface area contributed by atoms with Crippen LogP contribution in [0.4, 0.5) is 18.9 Å². The molecule has 0 aliphatic heterocycles. The molecular formula is C10H12ClF3N2O. The molecule has 0 aliphatic rings. The molecule has 0 aliphatic carbocycles. The van der Waals surface area contributed by atoms with Crippen LogP contribution in [0.2, 0.25) is 0 Å². The maximum Gasteiger partial charge on any atom is 0.406 e. The second-order valence-corrected chi connectivity index (χ2v) is 3.40. The summed E-state index contributed by atoms with van der Waals surface area (Å²) in [5, 5.41) is 0. The van der Waals surface area contributed by atoms with Crippen molar-refractivity contribution in [3.8, 4) is 0 Å². The topological polar surface area (TPSA) is 46.3 Å². The van der Waals surface area contributed by atoms with E-state index >= 15 is 0 Å². The molecule has 1 aromatic rings. The number of nitrogens with zero attached hydrogens (tertiary/aromatic N) is 1. The molecule has 0 fully saturated rings. The number of carbonyl (C=O) groups excluding carboxylic acids is 1. The smallest absolute Gasteiger partial charge is 0.399 e. The van der Waals surface area contributed by atoms with Gasteiger partial charge in [-0.2, -0.15) is 13.2 Å². The zero-order chi connectivity index (χ0) is 12.3. The Morgan fingerprint density at radius 1 is 1.29 bits per heavy atom. The molecule has 2 N–H and O–H groups in total. The predicted molar refractivity (Wildman–Crippen MR) is 61.1 cm³/mol. The first-order chi connectivity index (χ1) is 7.29. The molecule has 0 unspecified atom stereocenters. The van der Waals surface area contributed by atoms with Gasteiger partial charge >= 0.3 is 6.18 Å². The van der Waals surface area contributed by atoms with Crippen LogP contribution in [0, 0.1) is 0 Å². The van der Waals surface area contributed by atoms with Crippen molar-refractivity contribution in [2.75, 3.05) is 19.3 Å². The molecule has 1 amide bonds. The first-order valence-corrected chi connectivity index (χ1v) is 4.47. The maximum absolute atomic E-state index is 12.0. The quantitative estimate of drug-likeness (QED) is 0.837. The van der Waals surface area contributed by atoms with Gasteiger partial charge in [0.15, 0.2) is 0 Å². The molecule has 96 valence electrons. The Labute approximate surface area is 103 Å². The van der Waals surface area contributed by atoms with Gasteiger partial charge in [-0.1, -0.05) is 0 Å². The van der Waals surface area contributed by atoms with Crippen molar-refractivity contribution in [2.45, 2.75) is 6.18 Å². The van der Waals surface area contributed by atoms with Crippen LogP contribution >= 0.6 is 12.4 Å². The molecule has 0 aromatic heterocycles. The van der Waals surface area contributed by atoms with Crippen molar-refractivity contribution in [3.05, 3.63) is 29.8 Å². The van der Waals surface area contributed by atoms with Gasteiger partial charge in [0.25, 0.3) is 5.91 Å². The number of carbonyl (C=O) groups is 1. The Kier molecular flexibility index (Phi) is 5.28. The molecule has 0 saturated heterocycles. The van der Waals surface area contributed by atoms with E-state index in [0.717, 1.165) is 7.05 Å². The van der Waals surface area contributed by atoms with Crippen LogP contribution < -0.4 is 5.73 Å². The van der Waals surface area contributed by atoms with Crippen LogP contribution in [-0.4, -0.2) is 30.6 Å². The highest BCUT2D eigenvalue weighted by atomic mass is 35.5. The van der Waals surface area contributed by atoms with Crippen LogP contribution in [-0.2, 0) is 0 Å². The number of nitrogen functional groups attached to an aromatic ring is 1. The first kappa shape index (κ1) is 15.6. The Balaban J connectivity index is 0.00000256. The van der Waals surface area contributed by atoms with Gasteiger partial charge in [0.05, 0.1) is 0 Å². The fraction of sp³-hybridized carbons (Fsp3) is 0.300. The number of hydrogen-bond donors (Lipinski definition) is 1. The Hall–Kier alpha value is -1.43. The maximum atomic E-state index is 12.0. The van der Waals surface area contributed by atoms with Gasteiger partial charge in [-0.15, -0.1) is 12.4 Å². The lowest BCUT2D eigenvalue weighted by Crippen LogP contribution is -2.35. The standard InChI is InChI=1S/C10H11F3N2O.ClH/c1-15(6-10(11,12)13)9(16)7-2-4-8(14)5-3-7;/h2-5H,6,14H2,1H3;1H.